The zero-order valence-corrected chi connectivity index (χ0v) is 22.8. The molecule has 2 aromatic carbocycles. The third-order valence-electron chi connectivity index (χ3n) is 7.65. The fourth-order valence-electron chi connectivity index (χ4n) is 4.99. The molecule has 0 saturated heterocycles. The average molecular weight is 517 g/mol. The molecule has 0 bridgehead atoms. The lowest BCUT2D eigenvalue weighted by Gasteiger charge is -2.33. The summed E-state index contributed by atoms with van der Waals surface area (Å²) in [6.07, 6.45) is 2.60. The van der Waals surface area contributed by atoms with Gasteiger partial charge in [0.1, 0.15) is 0 Å². The van der Waals surface area contributed by atoms with Crippen LogP contribution in [0.2, 0.25) is 0 Å². The van der Waals surface area contributed by atoms with E-state index in [2.05, 4.69) is 72.2 Å². The fraction of sp³-hybridized carbons (Fsp3) is 0.448. The normalized spacial score (nSPS) is 13.9. The maximum Gasteiger partial charge on any atom is 0.252 e. The minimum absolute atomic E-state index is 0.0826. The number of pyridine rings is 1. The maximum atomic E-state index is 13.2. The Kier molecular flexibility index (Phi) is 7.21. The van der Waals surface area contributed by atoms with Gasteiger partial charge in [-0.2, -0.15) is 0 Å². The molecule has 38 heavy (non-hydrogen) atoms. The van der Waals surface area contributed by atoms with E-state index in [1.54, 1.807) is 0 Å². The highest BCUT2D eigenvalue weighted by Crippen LogP contribution is 2.35. The smallest absolute Gasteiger partial charge is 0.252 e. The van der Waals surface area contributed by atoms with Gasteiger partial charge in [0.25, 0.3) is 5.56 Å². The molecule has 0 fully saturated rings. The SMILES string of the molecule is CCc1ccc2[nH]c(=O)c(CN(Cc3ccc4c(c3)OCO4)[C@H](CC)c3nnnn3C(C)(C)CC)cc2c1. The van der Waals surface area contributed by atoms with Crippen molar-refractivity contribution in [2.75, 3.05) is 6.79 Å². The van der Waals surface area contributed by atoms with Crippen molar-refractivity contribution in [3.05, 3.63) is 75.3 Å². The van der Waals surface area contributed by atoms with Gasteiger partial charge in [-0.15, -0.1) is 5.10 Å². The molecule has 0 radical (unpaired) electrons. The summed E-state index contributed by atoms with van der Waals surface area (Å²) in [6.45, 7) is 11.9. The molecule has 1 aliphatic rings. The van der Waals surface area contributed by atoms with Crippen LogP contribution >= 0.6 is 0 Å². The Morgan fingerprint density at radius 3 is 2.58 bits per heavy atom. The highest BCUT2D eigenvalue weighted by molar-refractivity contribution is 5.79. The highest BCUT2D eigenvalue weighted by Gasteiger charge is 2.31. The van der Waals surface area contributed by atoms with Crippen molar-refractivity contribution >= 4 is 10.9 Å². The number of fused-ring (bicyclic) bond motifs is 2. The summed E-state index contributed by atoms with van der Waals surface area (Å²) in [5, 5.41) is 14.0. The molecular formula is C29H36N6O3. The topological polar surface area (TPSA) is 98.2 Å². The molecule has 0 unspecified atom stereocenters. The van der Waals surface area contributed by atoms with Crippen LogP contribution in [0, 0.1) is 0 Å². The van der Waals surface area contributed by atoms with Crippen molar-refractivity contribution in [2.45, 2.75) is 78.6 Å². The number of ether oxygens (including phenoxy) is 2. The monoisotopic (exact) mass is 516 g/mol. The summed E-state index contributed by atoms with van der Waals surface area (Å²) in [4.78, 5) is 18.6. The number of rotatable bonds is 10. The van der Waals surface area contributed by atoms with Crippen molar-refractivity contribution in [3.63, 3.8) is 0 Å². The number of aromatic nitrogens is 5. The number of aryl methyl sites for hydroxylation is 1. The number of tetrazole rings is 1. The van der Waals surface area contributed by atoms with Gasteiger partial charge in [0.05, 0.1) is 11.6 Å². The van der Waals surface area contributed by atoms with E-state index in [4.69, 9.17) is 9.47 Å². The fourth-order valence-corrected chi connectivity index (χ4v) is 4.99. The van der Waals surface area contributed by atoms with Crippen LogP contribution in [0.4, 0.5) is 0 Å². The molecule has 9 heteroatoms. The quantitative estimate of drug-likeness (QED) is 0.313. The zero-order chi connectivity index (χ0) is 26.9. The van der Waals surface area contributed by atoms with Gasteiger partial charge in [-0.1, -0.05) is 32.9 Å². The Labute approximate surface area is 222 Å². The predicted molar refractivity (Wildman–Crippen MR) is 146 cm³/mol. The lowest BCUT2D eigenvalue weighted by atomic mass is 10.0. The van der Waals surface area contributed by atoms with Crippen LogP contribution in [0.1, 0.15) is 76.0 Å². The molecule has 0 saturated carbocycles. The molecule has 1 N–H and O–H groups in total. The zero-order valence-electron chi connectivity index (χ0n) is 22.8. The van der Waals surface area contributed by atoms with Crippen LogP contribution in [0.3, 0.4) is 0 Å². The first-order valence-corrected chi connectivity index (χ1v) is 13.4. The van der Waals surface area contributed by atoms with E-state index >= 15 is 0 Å². The minimum atomic E-state index is -0.242. The first-order chi connectivity index (χ1) is 18.3. The first-order valence-electron chi connectivity index (χ1n) is 13.4. The largest absolute Gasteiger partial charge is 0.454 e. The summed E-state index contributed by atoms with van der Waals surface area (Å²) in [6, 6.07) is 14.1. The molecule has 5 rings (SSSR count). The van der Waals surface area contributed by atoms with E-state index in [0.717, 1.165) is 53.1 Å². The van der Waals surface area contributed by atoms with Crippen LogP contribution < -0.4 is 15.0 Å². The number of aromatic amines is 1. The summed E-state index contributed by atoms with van der Waals surface area (Å²) in [5.74, 6) is 2.28. The van der Waals surface area contributed by atoms with E-state index in [0.29, 0.717) is 18.7 Å². The Morgan fingerprint density at radius 2 is 1.82 bits per heavy atom. The maximum absolute atomic E-state index is 13.2. The van der Waals surface area contributed by atoms with Crippen molar-refractivity contribution in [2.24, 2.45) is 0 Å². The van der Waals surface area contributed by atoms with E-state index < -0.39 is 0 Å². The Hall–Kier alpha value is -3.72. The lowest BCUT2D eigenvalue weighted by Crippen LogP contribution is -2.36. The van der Waals surface area contributed by atoms with Gasteiger partial charge in [-0.3, -0.25) is 9.69 Å². The molecule has 9 nitrogen and oxygen atoms in total. The van der Waals surface area contributed by atoms with E-state index in [-0.39, 0.29) is 23.9 Å². The molecule has 2 aromatic heterocycles. The van der Waals surface area contributed by atoms with Gasteiger partial charge in [0.2, 0.25) is 6.79 Å². The number of hydrogen-bond donors (Lipinski definition) is 1. The van der Waals surface area contributed by atoms with Crippen molar-refractivity contribution in [1.82, 2.24) is 30.1 Å². The number of H-pyrrole nitrogens is 1. The van der Waals surface area contributed by atoms with E-state index in [1.807, 2.05) is 35.0 Å². The van der Waals surface area contributed by atoms with Crippen molar-refractivity contribution < 1.29 is 9.47 Å². The van der Waals surface area contributed by atoms with Crippen LogP contribution in [0.15, 0.2) is 47.3 Å². The lowest BCUT2D eigenvalue weighted by molar-refractivity contribution is 0.150. The van der Waals surface area contributed by atoms with Crippen LogP contribution in [-0.2, 0) is 25.0 Å². The number of nitrogens with zero attached hydrogens (tertiary/aromatic N) is 5. The molecule has 0 amide bonds. The van der Waals surface area contributed by atoms with Crippen LogP contribution in [0.25, 0.3) is 10.9 Å². The van der Waals surface area contributed by atoms with Gasteiger partial charge in [0.15, 0.2) is 17.3 Å². The molecular weight excluding hydrogens is 480 g/mol. The third kappa shape index (κ3) is 5.03. The second-order valence-electron chi connectivity index (χ2n) is 10.5. The van der Waals surface area contributed by atoms with Gasteiger partial charge in [-0.05, 0) is 90.4 Å². The average Bonchev–Trinajstić information content (AvgIpc) is 3.59. The van der Waals surface area contributed by atoms with Gasteiger partial charge in [-0.25, -0.2) is 4.68 Å². The van der Waals surface area contributed by atoms with Crippen LogP contribution in [0.5, 0.6) is 11.5 Å². The molecule has 0 spiro atoms. The summed E-state index contributed by atoms with van der Waals surface area (Å²) in [7, 11) is 0. The van der Waals surface area contributed by atoms with Crippen molar-refractivity contribution in [1.29, 1.82) is 0 Å². The number of benzene rings is 2. The summed E-state index contributed by atoms with van der Waals surface area (Å²) < 4.78 is 13.1. The third-order valence-corrected chi connectivity index (χ3v) is 7.65. The minimum Gasteiger partial charge on any atom is -0.454 e. The number of hydrogen-bond acceptors (Lipinski definition) is 7. The first kappa shape index (κ1) is 25.9. The van der Waals surface area contributed by atoms with Gasteiger partial charge >= 0.3 is 0 Å². The summed E-state index contributed by atoms with van der Waals surface area (Å²) in [5.41, 5.74) is 3.53. The molecule has 200 valence electrons. The standard InChI is InChI=1S/C29H36N6O3/c1-6-19-9-11-23-21(13-19)15-22(28(36)30-23)17-34(16-20-10-12-25-26(14-20)38-18-37-25)24(7-2)27-31-32-33-35(27)29(4,5)8-3/h9-15,24H,6-8,16-18H2,1-5H3,(H,30,36)/t24-/m1/s1. The Balaban J connectivity index is 1.56. The highest BCUT2D eigenvalue weighted by atomic mass is 16.7. The van der Waals surface area contributed by atoms with E-state index in [9.17, 15) is 4.79 Å². The Bertz CT molecular complexity index is 1490. The second kappa shape index (κ2) is 10.6. The molecule has 1 atom stereocenters. The van der Waals surface area contributed by atoms with Gasteiger partial charge in [0, 0.05) is 24.2 Å². The van der Waals surface area contributed by atoms with E-state index in [1.165, 1.54) is 5.56 Å². The van der Waals surface area contributed by atoms with Crippen molar-refractivity contribution in [3.8, 4) is 11.5 Å². The number of nitrogens with one attached hydrogen (secondary N) is 1. The second-order valence-corrected chi connectivity index (χ2v) is 10.5. The molecule has 3 heterocycles. The Morgan fingerprint density at radius 1 is 1.03 bits per heavy atom. The van der Waals surface area contributed by atoms with Gasteiger partial charge < -0.3 is 14.5 Å². The van der Waals surface area contributed by atoms with Crippen LogP contribution in [-0.4, -0.2) is 36.9 Å². The molecule has 0 aliphatic carbocycles. The summed E-state index contributed by atoms with van der Waals surface area (Å²) >= 11 is 0. The predicted octanol–water partition coefficient (Wildman–Crippen LogP) is 5.10. The molecule has 1 aliphatic heterocycles. The molecule has 4 aromatic rings.